The predicted molar refractivity (Wildman–Crippen MR) is 77.7 cm³/mol. The van der Waals surface area contributed by atoms with Crippen LogP contribution in [0.1, 0.15) is 5.56 Å². The summed E-state index contributed by atoms with van der Waals surface area (Å²) in [5.74, 6) is 0.180. The minimum absolute atomic E-state index is 0.122. The van der Waals surface area contributed by atoms with Gasteiger partial charge in [0.2, 0.25) is 5.95 Å². The van der Waals surface area contributed by atoms with Crippen molar-refractivity contribution in [1.29, 1.82) is 0 Å². The summed E-state index contributed by atoms with van der Waals surface area (Å²) < 4.78 is 44.9. The number of rotatable bonds is 2. The van der Waals surface area contributed by atoms with Crippen LogP contribution < -0.4 is 10.6 Å². The van der Waals surface area contributed by atoms with Crippen molar-refractivity contribution in [3.8, 4) is 11.3 Å². The summed E-state index contributed by atoms with van der Waals surface area (Å²) in [6.07, 6.45) is -2.02. The second-order valence-electron chi connectivity index (χ2n) is 4.99. The molecule has 0 bridgehead atoms. The van der Waals surface area contributed by atoms with Crippen LogP contribution in [0.5, 0.6) is 0 Å². The Morgan fingerprint density at radius 2 is 1.91 bits per heavy atom. The summed E-state index contributed by atoms with van der Waals surface area (Å²) in [5, 5.41) is 0. The first-order chi connectivity index (χ1) is 10.9. The molecule has 6 nitrogen and oxygen atoms in total. The molecule has 23 heavy (non-hydrogen) atoms. The molecule has 0 saturated carbocycles. The van der Waals surface area contributed by atoms with E-state index >= 15 is 0 Å². The molecule has 0 radical (unpaired) electrons. The van der Waals surface area contributed by atoms with Gasteiger partial charge in [0.05, 0.1) is 24.5 Å². The number of nitrogens with two attached hydrogens (primary N) is 1. The van der Waals surface area contributed by atoms with Crippen LogP contribution in [0.2, 0.25) is 0 Å². The maximum absolute atomic E-state index is 13.2. The van der Waals surface area contributed by atoms with Gasteiger partial charge in [0.15, 0.2) is 0 Å². The SMILES string of the molecule is Nc1cc(C(F)(F)F)c(-c2ccnc(N3CCOCC3)n2)cn1. The van der Waals surface area contributed by atoms with Crippen LogP contribution >= 0.6 is 0 Å². The number of hydrogen-bond acceptors (Lipinski definition) is 6. The topological polar surface area (TPSA) is 77.2 Å². The number of halogens is 3. The Morgan fingerprint density at radius 1 is 1.17 bits per heavy atom. The lowest BCUT2D eigenvalue weighted by molar-refractivity contribution is -0.137. The predicted octanol–water partition coefficient (Wildman–Crippen LogP) is 1.98. The zero-order valence-corrected chi connectivity index (χ0v) is 12.0. The molecule has 0 atom stereocenters. The van der Waals surface area contributed by atoms with Crippen LogP contribution in [0.3, 0.4) is 0 Å². The van der Waals surface area contributed by atoms with Crippen LogP contribution in [0.25, 0.3) is 11.3 Å². The highest BCUT2D eigenvalue weighted by Crippen LogP contribution is 2.37. The summed E-state index contributed by atoms with van der Waals surface area (Å²) in [5.41, 5.74) is 4.55. The lowest BCUT2D eigenvalue weighted by atomic mass is 10.1. The van der Waals surface area contributed by atoms with E-state index in [0.29, 0.717) is 32.3 Å². The van der Waals surface area contributed by atoms with E-state index in [-0.39, 0.29) is 17.1 Å². The highest BCUT2D eigenvalue weighted by molar-refractivity contribution is 5.66. The van der Waals surface area contributed by atoms with Crippen molar-refractivity contribution < 1.29 is 17.9 Å². The Hall–Kier alpha value is -2.42. The molecule has 1 aliphatic heterocycles. The minimum Gasteiger partial charge on any atom is -0.384 e. The van der Waals surface area contributed by atoms with Gasteiger partial charge in [0.25, 0.3) is 0 Å². The molecule has 1 fully saturated rings. The first-order valence-corrected chi connectivity index (χ1v) is 6.94. The monoisotopic (exact) mass is 325 g/mol. The molecule has 2 aromatic rings. The van der Waals surface area contributed by atoms with Crippen LogP contribution in [-0.2, 0) is 10.9 Å². The van der Waals surface area contributed by atoms with Gasteiger partial charge in [0, 0.05) is 31.0 Å². The van der Waals surface area contributed by atoms with E-state index in [1.54, 1.807) is 0 Å². The third kappa shape index (κ3) is 3.34. The lowest BCUT2D eigenvalue weighted by Gasteiger charge is -2.27. The van der Waals surface area contributed by atoms with Crippen molar-refractivity contribution in [2.75, 3.05) is 36.9 Å². The van der Waals surface area contributed by atoms with Gasteiger partial charge in [-0.25, -0.2) is 15.0 Å². The number of nitrogen functional groups attached to an aromatic ring is 1. The number of pyridine rings is 1. The quantitative estimate of drug-likeness (QED) is 0.910. The number of nitrogens with zero attached hydrogens (tertiary/aromatic N) is 4. The van der Waals surface area contributed by atoms with Crippen molar-refractivity contribution in [2.24, 2.45) is 0 Å². The molecular formula is C14H14F3N5O. The fourth-order valence-electron chi connectivity index (χ4n) is 2.32. The van der Waals surface area contributed by atoms with Gasteiger partial charge < -0.3 is 15.4 Å². The van der Waals surface area contributed by atoms with Crippen molar-refractivity contribution in [1.82, 2.24) is 15.0 Å². The van der Waals surface area contributed by atoms with Gasteiger partial charge in [0.1, 0.15) is 5.82 Å². The molecule has 0 amide bonds. The van der Waals surface area contributed by atoms with Gasteiger partial charge in [-0.3, -0.25) is 0 Å². The number of aromatic nitrogens is 3. The van der Waals surface area contributed by atoms with Crippen molar-refractivity contribution in [2.45, 2.75) is 6.18 Å². The second-order valence-corrected chi connectivity index (χ2v) is 4.99. The Labute approximate surface area is 130 Å². The Morgan fingerprint density at radius 3 is 2.61 bits per heavy atom. The van der Waals surface area contributed by atoms with E-state index in [2.05, 4.69) is 15.0 Å². The van der Waals surface area contributed by atoms with Gasteiger partial charge in [-0.05, 0) is 12.1 Å². The zero-order chi connectivity index (χ0) is 16.4. The van der Waals surface area contributed by atoms with E-state index in [9.17, 15) is 13.2 Å². The third-order valence-electron chi connectivity index (χ3n) is 3.44. The molecule has 1 saturated heterocycles. The Balaban J connectivity index is 2.02. The fourth-order valence-corrected chi connectivity index (χ4v) is 2.32. The molecule has 9 heteroatoms. The summed E-state index contributed by atoms with van der Waals surface area (Å²) >= 11 is 0. The van der Waals surface area contributed by atoms with E-state index in [1.165, 1.54) is 12.3 Å². The Kier molecular flexibility index (Phi) is 4.03. The van der Waals surface area contributed by atoms with E-state index in [4.69, 9.17) is 10.5 Å². The maximum Gasteiger partial charge on any atom is 0.417 e. The third-order valence-corrected chi connectivity index (χ3v) is 3.44. The van der Waals surface area contributed by atoms with Crippen LogP contribution in [0.4, 0.5) is 24.9 Å². The molecule has 0 aromatic carbocycles. The average Bonchev–Trinajstić information content (AvgIpc) is 2.55. The van der Waals surface area contributed by atoms with E-state index in [0.717, 1.165) is 12.3 Å². The first-order valence-electron chi connectivity index (χ1n) is 6.94. The molecule has 3 heterocycles. The molecule has 0 unspecified atom stereocenters. The molecular weight excluding hydrogens is 311 g/mol. The fraction of sp³-hybridized carbons (Fsp3) is 0.357. The lowest BCUT2D eigenvalue weighted by Crippen LogP contribution is -2.37. The number of ether oxygens (including phenoxy) is 1. The van der Waals surface area contributed by atoms with Gasteiger partial charge in [-0.15, -0.1) is 0 Å². The van der Waals surface area contributed by atoms with E-state index in [1.807, 2.05) is 4.90 Å². The van der Waals surface area contributed by atoms with Crippen LogP contribution in [-0.4, -0.2) is 41.3 Å². The summed E-state index contributed by atoms with van der Waals surface area (Å²) in [7, 11) is 0. The highest BCUT2D eigenvalue weighted by atomic mass is 19.4. The molecule has 1 aliphatic rings. The minimum atomic E-state index is -4.55. The Bertz CT molecular complexity index is 701. The standard InChI is InChI=1S/C14H14F3N5O/c15-14(16,17)10-7-12(18)20-8-9(10)11-1-2-19-13(21-11)22-3-5-23-6-4-22/h1-2,7-8H,3-6H2,(H2,18,20). The highest BCUT2D eigenvalue weighted by Gasteiger charge is 2.34. The molecule has 2 aromatic heterocycles. The number of anilines is 2. The van der Waals surface area contributed by atoms with Gasteiger partial charge >= 0.3 is 6.18 Å². The second kappa shape index (κ2) is 5.99. The maximum atomic E-state index is 13.2. The molecule has 0 aliphatic carbocycles. The van der Waals surface area contributed by atoms with Crippen molar-refractivity contribution >= 4 is 11.8 Å². The number of morpholine rings is 1. The van der Waals surface area contributed by atoms with Crippen molar-refractivity contribution in [3.05, 3.63) is 30.1 Å². The normalized spacial score (nSPS) is 15.7. The number of hydrogen-bond donors (Lipinski definition) is 1. The van der Waals surface area contributed by atoms with Gasteiger partial charge in [-0.1, -0.05) is 0 Å². The largest absolute Gasteiger partial charge is 0.417 e. The first kappa shape index (κ1) is 15.5. The van der Waals surface area contributed by atoms with E-state index < -0.39 is 11.7 Å². The molecule has 0 spiro atoms. The van der Waals surface area contributed by atoms with Crippen LogP contribution in [0, 0.1) is 0 Å². The number of alkyl halides is 3. The molecule has 122 valence electrons. The zero-order valence-electron chi connectivity index (χ0n) is 12.0. The van der Waals surface area contributed by atoms with Crippen molar-refractivity contribution in [3.63, 3.8) is 0 Å². The summed E-state index contributed by atoms with van der Waals surface area (Å²) in [4.78, 5) is 14.0. The molecule has 3 rings (SSSR count). The molecule has 2 N–H and O–H groups in total. The summed E-state index contributed by atoms with van der Waals surface area (Å²) in [6, 6.07) is 2.23. The van der Waals surface area contributed by atoms with Gasteiger partial charge in [-0.2, -0.15) is 13.2 Å². The van der Waals surface area contributed by atoms with Crippen LogP contribution in [0.15, 0.2) is 24.5 Å². The average molecular weight is 325 g/mol. The summed E-state index contributed by atoms with van der Waals surface area (Å²) in [6.45, 7) is 2.25. The smallest absolute Gasteiger partial charge is 0.384 e.